The van der Waals surface area contributed by atoms with Gasteiger partial charge < -0.3 is 9.47 Å². The zero-order valence-corrected chi connectivity index (χ0v) is 10.3. The molecule has 0 amide bonds. The molecule has 0 aromatic heterocycles. The Labute approximate surface area is 98.3 Å². The monoisotopic (exact) mass is 220 g/mol. The van der Waals surface area contributed by atoms with Crippen LogP contribution in [0.3, 0.4) is 0 Å². The van der Waals surface area contributed by atoms with Crippen molar-refractivity contribution < 1.29 is 9.47 Å². The van der Waals surface area contributed by atoms with Crippen LogP contribution in [-0.2, 0) is 9.47 Å². The number of hydrogen-bond donors (Lipinski definition) is 0. The first-order valence-corrected chi connectivity index (χ1v) is 5.67. The number of allylic oxidation sites excluding steroid dienone is 1. The average molecular weight is 220 g/mol. The van der Waals surface area contributed by atoms with Crippen molar-refractivity contribution in [3.63, 3.8) is 0 Å². The lowest BCUT2D eigenvalue weighted by atomic mass is 10.0. The summed E-state index contributed by atoms with van der Waals surface area (Å²) in [6, 6.07) is 0. The van der Waals surface area contributed by atoms with Crippen LogP contribution in [0.15, 0.2) is 23.8 Å². The lowest BCUT2D eigenvalue weighted by molar-refractivity contribution is 0.111. The number of hydrogen-bond acceptors (Lipinski definition) is 2. The van der Waals surface area contributed by atoms with Crippen LogP contribution in [0.4, 0.5) is 0 Å². The molecule has 2 heteroatoms. The minimum Gasteiger partial charge on any atom is -0.381 e. The topological polar surface area (TPSA) is 18.5 Å². The second kappa shape index (κ2) is 7.27. The summed E-state index contributed by atoms with van der Waals surface area (Å²) in [4.78, 5) is 0. The van der Waals surface area contributed by atoms with E-state index in [4.69, 9.17) is 9.47 Å². The summed E-state index contributed by atoms with van der Waals surface area (Å²) in [5, 5.41) is 0. The van der Waals surface area contributed by atoms with Gasteiger partial charge in [-0.2, -0.15) is 0 Å². The largest absolute Gasteiger partial charge is 0.381 e. The molecule has 16 heavy (non-hydrogen) atoms. The first-order chi connectivity index (χ1) is 7.76. The molecule has 0 aromatic rings. The van der Waals surface area contributed by atoms with E-state index >= 15 is 0 Å². The summed E-state index contributed by atoms with van der Waals surface area (Å²) in [6.45, 7) is 4.42. The zero-order valence-electron chi connectivity index (χ0n) is 10.3. The van der Waals surface area contributed by atoms with Crippen molar-refractivity contribution in [3.8, 4) is 11.8 Å². The molecule has 1 unspecified atom stereocenters. The molecule has 1 aliphatic carbocycles. The number of rotatable bonds is 5. The molecule has 0 saturated carbocycles. The van der Waals surface area contributed by atoms with Crippen LogP contribution in [-0.4, -0.2) is 25.9 Å². The Morgan fingerprint density at radius 3 is 2.94 bits per heavy atom. The highest BCUT2D eigenvalue weighted by Crippen LogP contribution is 2.18. The van der Waals surface area contributed by atoms with Gasteiger partial charge in [0.1, 0.15) is 6.61 Å². The van der Waals surface area contributed by atoms with E-state index in [-0.39, 0.29) is 12.2 Å². The third-order valence-electron chi connectivity index (χ3n) is 2.61. The van der Waals surface area contributed by atoms with Gasteiger partial charge in [0.05, 0.1) is 12.2 Å². The smallest absolute Gasteiger partial charge is 0.108 e. The third kappa shape index (κ3) is 4.65. The van der Waals surface area contributed by atoms with E-state index in [1.807, 2.05) is 6.92 Å². The highest BCUT2D eigenvalue weighted by molar-refractivity contribution is 5.25. The molecular weight excluding hydrogens is 200 g/mol. The van der Waals surface area contributed by atoms with E-state index < -0.39 is 0 Å². The van der Waals surface area contributed by atoms with Gasteiger partial charge in [0.25, 0.3) is 0 Å². The van der Waals surface area contributed by atoms with Gasteiger partial charge >= 0.3 is 0 Å². The van der Waals surface area contributed by atoms with E-state index in [2.05, 4.69) is 37.0 Å². The van der Waals surface area contributed by atoms with Gasteiger partial charge in [-0.1, -0.05) is 24.1 Å². The first-order valence-electron chi connectivity index (χ1n) is 5.67. The van der Waals surface area contributed by atoms with Crippen molar-refractivity contribution in [2.45, 2.75) is 38.9 Å². The second-order valence-electron chi connectivity index (χ2n) is 3.90. The third-order valence-corrected chi connectivity index (χ3v) is 2.61. The molecule has 0 heterocycles. The maximum atomic E-state index is 5.57. The molecule has 88 valence electrons. The summed E-state index contributed by atoms with van der Waals surface area (Å²) in [5.41, 5.74) is 1.33. The van der Waals surface area contributed by atoms with Crippen molar-refractivity contribution in [1.29, 1.82) is 0 Å². The van der Waals surface area contributed by atoms with Crippen molar-refractivity contribution in [2.75, 3.05) is 13.7 Å². The zero-order chi connectivity index (χ0) is 11.8. The Hall–Kier alpha value is -1.04. The normalized spacial score (nSPS) is 20.9. The summed E-state index contributed by atoms with van der Waals surface area (Å²) in [5.74, 6) is 5.72. The summed E-state index contributed by atoms with van der Waals surface area (Å²) >= 11 is 0. The Balaban J connectivity index is 2.31. The average Bonchev–Trinajstić information content (AvgIpc) is 2.31. The SMILES string of the molecule is CC#CCOC1C=CC(C[C@H](C)OC)=CC1. The second-order valence-corrected chi connectivity index (χ2v) is 3.90. The minimum absolute atomic E-state index is 0.183. The van der Waals surface area contributed by atoms with Gasteiger partial charge in [-0.15, -0.1) is 5.92 Å². The molecule has 0 bridgehead atoms. The van der Waals surface area contributed by atoms with Crippen LogP contribution in [0.2, 0.25) is 0 Å². The van der Waals surface area contributed by atoms with Crippen LogP contribution in [0.25, 0.3) is 0 Å². The summed E-state index contributed by atoms with van der Waals surface area (Å²) in [7, 11) is 1.74. The van der Waals surface area contributed by atoms with E-state index in [0.717, 1.165) is 12.8 Å². The molecule has 0 aliphatic heterocycles. The maximum absolute atomic E-state index is 5.57. The molecule has 1 rings (SSSR count). The Morgan fingerprint density at radius 1 is 1.56 bits per heavy atom. The van der Waals surface area contributed by atoms with E-state index in [1.54, 1.807) is 7.11 Å². The number of methoxy groups -OCH3 is 1. The standard InChI is InChI=1S/C14H20O2/c1-4-5-10-16-14-8-6-13(7-9-14)11-12(2)15-3/h6-8,12,14H,9-11H2,1-3H3/t12-,14?/m0/s1. The fourth-order valence-corrected chi connectivity index (χ4v) is 1.56. The van der Waals surface area contributed by atoms with E-state index in [9.17, 15) is 0 Å². The van der Waals surface area contributed by atoms with Crippen LogP contribution >= 0.6 is 0 Å². The van der Waals surface area contributed by atoms with E-state index in [1.165, 1.54) is 5.57 Å². The number of ether oxygens (including phenoxy) is 2. The molecule has 1 aliphatic rings. The summed E-state index contributed by atoms with van der Waals surface area (Å²) in [6.07, 6.45) is 8.82. The molecule has 0 radical (unpaired) electrons. The molecule has 0 spiro atoms. The molecule has 2 nitrogen and oxygen atoms in total. The lowest BCUT2D eigenvalue weighted by Gasteiger charge is -2.17. The van der Waals surface area contributed by atoms with Gasteiger partial charge in [0.15, 0.2) is 0 Å². The predicted octanol–water partition coefficient (Wildman–Crippen LogP) is 2.71. The summed E-state index contributed by atoms with van der Waals surface area (Å²) < 4.78 is 10.8. The van der Waals surface area contributed by atoms with Crippen LogP contribution in [0.5, 0.6) is 0 Å². The molecule has 0 fully saturated rings. The van der Waals surface area contributed by atoms with Crippen molar-refractivity contribution in [2.24, 2.45) is 0 Å². The highest BCUT2D eigenvalue weighted by atomic mass is 16.5. The van der Waals surface area contributed by atoms with Gasteiger partial charge in [-0.3, -0.25) is 0 Å². The molecule has 0 N–H and O–H groups in total. The fourth-order valence-electron chi connectivity index (χ4n) is 1.56. The van der Waals surface area contributed by atoms with Gasteiger partial charge in [-0.25, -0.2) is 0 Å². The minimum atomic E-state index is 0.183. The Bertz CT molecular complexity index is 317. The van der Waals surface area contributed by atoms with E-state index in [0.29, 0.717) is 6.61 Å². The Morgan fingerprint density at radius 2 is 2.38 bits per heavy atom. The van der Waals surface area contributed by atoms with Crippen LogP contribution in [0.1, 0.15) is 26.7 Å². The van der Waals surface area contributed by atoms with Crippen LogP contribution in [0, 0.1) is 11.8 Å². The quantitative estimate of drug-likeness (QED) is 0.663. The maximum Gasteiger partial charge on any atom is 0.108 e. The molecule has 0 saturated heterocycles. The predicted molar refractivity (Wildman–Crippen MR) is 66.1 cm³/mol. The molecule has 2 atom stereocenters. The van der Waals surface area contributed by atoms with Crippen molar-refractivity contribution >= 4 is 0 Å². The van der Waals surface area contributed by atoms with Crippen molar-refractivity contribution in [1.82, 2.24) is 0 Å². The fraction of sp³-hybridized carbons (Fsp3) is 0.571. The molecule has 0 aromatic carbocycles. The first kappa shape index (κ1) is 13.0. The Kier molecular flexibility index (Phi) is 5.92. The van der Waals surface area contributed by atoms with Gasteiger partial charge in [-0.05, 0) is 32.3 Å². The molecular formula is C14H20O2. The highest BCUT2D eigenvalue weighted by Gasteiger charge is 2.10. The van der Waals surface area contributed by atoms with Gasteiger partial charge in [0.2, 0.25) is 0 Å². The van der Waals surface area contributed by atoms with Crippen molar-refractivity contribution in [3.05, 3.63) is 23.8 Å². The van der Waals surface area contributed by atoms with Crippen LogP contribution < -0.4 is 0 Å². The lowest BCUT2D eigenvalue weighted by Crippen LogP contribution is -2.13. The van der Waals surface area contributed by atoms with Gasteiger partial charge in [0, 0.05) is 7.11 Å².